The number of amides is 2. The Balaban J connectivity index is 1.55. The molecule has 1 heterocycles. The van der Waals surface area contributed by atoms with E-state index in [9.17, 15) is 9.59 Å². The summed E-state index contributed by atoms with van der Waals surface area (Å²) in [5, 5.41) is 9.84. The Morgan fingerprint density at radius 1 is 1.15 bits per heavy atom. The highest BCUT2D eigenvalue weighted by molar-refractivity contribution is 8.00. The first-order chi connectivity index (χ1) is 12.5. The van der Waals surface area contributed by atoms with Crippen LogP contribution in [0.1, 0.15) is 18.0 Å². The predicted octanol–water partition coefficient (Wildman–Crippen LogP) is 3.80. The zero-order valence-electron chi connectivity index (χ0n) is 13.7. The molecule has 0 saturated carbocycles. The van der Waals surface area contributed by atoms with Gasteiger partial charge in [0.1, 0.15) is 5.50 Å². The highest BCUT2D eigenvalue weighted by atomic mass is 35.5. The summed E-state index contributed by atoms with van der Waals surface area (Å²) in [6.45, 7) is 0. The monoisotopic (exact) mass is 409 g/mol. The molecule has 5 nitrogen and oxygen atoms in total. The Kier molecular flexibility index (Phi) is 6.43. The summed E-state index contributed by atoms with van der Waals surface area (Å²) < 4.78 is 0. The van der Waals surface area contributed by atoms with Crippen molar-refractivity contribution in [2.75, 3.05) is 11.1 Å². The molecular weight excluding hydrogens is 393 g/mol. The summed E-state index contributed by atoms with van der Waals surface area (Å²) in [4.78, 5) is 24.1. The minimum absolute atomic E-state index is 0.0443. The third-order valence-corrected chi connectivity index (χ3v) is 5.22. The van der Waals surface area contributed by atoms with E-state index in [1.807, 2.05) is 30.3 Å². The molecule has 8 heteroatoms. The molecule has 2 unspecified atom stereocenters. The van der Waals surface area contributed by atoms with Crippen LogP contribution in [-0.4, -0.2) is 23.1 Å². The first kappa shape index (κ1) is 19.0. The fraction of sp³-hybridized carbons (Fsp3) is 0.222. The number of anilines is 1. The molecule has 3 rings (SSSR count). The van der Waals surface area contributed by atoms with Gasteiger partial charge >= 0.3 is 0 Å². The molecule has 1 saturated heterocycles. The van der Waals surface area contributed by atoms with Crippen LogP contribution in [0.4, 0.5) is 5.69 Å². The predicted molar refractivity (Wildman–Crippen MR) is 106 cm³/mol. The fourth-order valence-electron chi connectivity index (χ4n) is 2.65. The summed E-state index contributed by atoms with van der Waals surface area (Å²) >= 11 is 13.2. The molecule has 0 spiro atoms. The SMILES string of the molecule is O=C(CSC1NC(=O)CC(c2ccccc2)N1)Nc1cc(Cl)cc(Cl)c1. The number of rotatable bonds is 5. The summed E-state index contributed by atoms with van der Waals surface area (Å²) in [5.74, 6) is -0.0767. The van der Waals surface area contributed by atoms with Crippen LogP contribution in [0.25, 0.3) is 0 Å². The maximum atomic E-state index is 12.2. The van der Waals surface area contributed by atoms with Gasteiger partial charge < -0.3 is 10.6 Å². The van der Waals surface area contributed by atoms with Gasteiger partial charge in [-0.05, 0) is 23.8 Å². The lowest BCUT2D eigenvalue weighted by molar-refractivity contribution is -0.123. The Morgan fingerprint density at radius 3 is 2.54 bits per heavy atom. The molecule has 0 aromatic heterocycles. The van der Waals surface area contributed by atoms with Crippen LogP contribution >= 0.6 is 35.0 Å². The Bertz CT molecular complexity index is 784. The number of hydrogen-bond donors (Lipinski definition) is 3. The molecule has 0 bridgehead atoms. The lowest BCUT2D eigenvalue weighted by Gasteiger charge is -2.31. The van der Waals surface area contributed by atoms with E-state index in [1.54, 1.807) is 18.2 Å². The number of nitrogens with one attached hydrogen (secondary N) is 3. The largest absolute Gasteiger partial charge is 0.332 e. The molecule has 1 aliphatic heterocycles. The zero-order valence-corrected chi connectivity index (χ0v) is 16.0. The van der Waals surface area contributed by atoms with Gasteiger partial charge in [0.2, 0.25) is 11.8 Å². The van der Waals surface area contributed by atoms with E-state index in [4.69, 9.17) is 23.2 Å². The normalized spacial score (nSPS) is 19.7. The average Bonchev–Trinajstić information content (AvgIpc) is 2.59. The van der Waals surface area contributed by atoms with Crippen molar-refractivity contribution in [1.82, 2.24) is 10.6 Å². The van der Waals surface area contributed by atoms with Gasteiger partial charge in [-0.15, -0.1) is 11.8 Å². The molecule has 0 aliphatic carbocycles. The van der Waals surface area contributed by atoms with E-state index in [0.29, 0.717) is 22.2 Å². The topological polar surface area (TPSA) is 70.2 Å². The van der Waals surface area contributed by atoms with Crippen LogP contribution in [0.2, 0.25) is 10.0 Å². The molecule has 2 amide bonds. The lowest BCUT2D eigenvalue weighted by Crippen LogP contribution is -2.51. The third kappa shape index (κ3) is 5.38. The number of carbonyl (C=O) groups is 2. The van der Waals surface area contributed by atoms with Crippen molar-refractivity contribution in [2.24, 2.45) is 0 Å². The van der Waals surface area contributed by atoms with Gasteiger partial charge in [0.15, 0.2) is 0 Å². The first-order valence-electron chi connectivity index (χ1n) is 7.97. The van der Waals surface area contributed by atoms with E-state index in [1.165, 1.54) is 11.8 Å². The molecule has 26 heavy (non-hydrogen) atoms. The first-order valence-corrected chi connectivity index (χ1v) is 9.78. The van der Waals surface area contributed by atoms with Crippen molar-refractivity contribution >= 4 is 52.5 Å². The molecule has 136 valence electrons. The van der Waals surface area contributed by atoms with Crippen molar-refractivity contribution in [3.05, 3.63) is 64.1 Å². The highest BCUT2D eigenvalue weighted by Gasteiger charge is 2.27. The number of carbonyl (C=O) groups excluding carboxylic acids is 2. The molecule has 1 aliphatic rings. The average molecular weight is 410 g/mol. The minimum Gasteiger partial charge on any atom is -0.332 e. The van der Waals surface area contributed by atoms with Gasteiger partial charge in [-0.25, -0.2) is 0 Å². The molecule has 1 fully saturated rings. The van der Waals surface area contributed by atoms with E-state index < -0.39 is 0 Å². The van der Waals surface area contributed by atoms with Gasteiger partial charge in [0, 0.05) is 28.2 Å². The van der Waals surface area contributed by atoms with Crippen molar-refractivity contribution < 1.29 is 9.59 Å². The van der Waals surface area contributed by atoms with Crippen molar-refractivity contribution in [1.29, 1.82) is 0 Å². The molecular formula is C18H17Cl2N3O2S. The van der Waals surface area contributed by atoms with Crippen LogP contribution in [0.15, 0.2) is 48.5 Å². The van der Waals surface area contributed by atoms with Crippen LogP contribution in [0.3, 0.4) is 0 Å². The van der Waals surface area contributed by atoms with Crippen LogP contribution in [-0.2, 0) is 9.59 Å². The summed E-state index contributed by atoms with van der Waals surface area (Å²) in [5.41, 5.74) is 1.25. The molecule has 2 atom stereocenters. The lowest BCUT2D eigenvalue weighted by atomic mass is 10.0. The molecule has 0 radical (unpaired) electrons. The third-order valence-electron chi connectivity index (χ3n) is 3.76. The van der Waals surface area contributed by atoms with Gasteiger partial charge in [-0.1, -0.05) is 53.5 Å². The second kappa shape index (κ2) is 8.77. The number of thioether (sulfide) groups is 1. The molecule has 2 aromatic rings. The number of halogens is 2. The number of hydrogen-bond acceptors (Lipinski definition) is 4. The maximum absolute atomic E-state index is 12.2. The second-order valence-electron chi connectivity index (χ2n) is 5.80. The number of benzene rings is 2. The Hall–Kier alpha value is -1.73. The molecule has 2 aromatic carbocycles. The summed E-state index contributed by atoms with van der Waals surface area (Å²) in [6, 6.07) is 14.6. The van der Waals surface area contributed by atoms with Crippen molar-refractivity contribution in [3.63, 3.8) is 0 Å². The van der Waals surface area contributed by atoms with E-state index in [2.05, 4.69) is 16.0 Å². The Morgan fingerprint density at radius 2 is 1.85 bits per heavy atom. The summed E-state index contributed by atoms with van der Waals surface area (Å²) in [7, 11) is 0. The van der Waals surface area contributed by atoms with Crippen molar-refractivity contribution in [2.45, 2.75) is 18.0 Å². The van der Waals surface area contributed by atoms with Gasteiger partial charge in [0.05, 0.1) is 5.75 Å². The standard InChI is InChI=1S/C18H17Cl2N3O2S/c19-12-6-13(20)8-14(7-12)21-17(25)10-26-18-22-15(9-16(24)23-18)11-4-2-1-3-5-11/h1-8,15,18,22H,9-10H2,(H,21,25)(H,23,24). The van der Waals surface area contributed by atoms with Gasteiger partial charge in [-0.3, -0.25) is 14.9 Å². The van der Waals surface area contributed by atoms with E-state index >= 15 is 0 Å². The second-order valence-corrected chi connectivity index (χ2v) is 7.77. The van der Waals surface area contributed by atoms with Crippen molar-refractivity contribution in [3.8, 4) is 0 Å². The van der Waals surface area contributed by atoms with Crippen LogP contribution in [0, 0.1) is 0 Å². The zero-order chi connectivity index (χ0) is 18.5. The van der Waals surface area contributed by atoms with E-state index in [0.717, 1.165) is 5.56 Å². The highest BCUT2D eigenvalue weighted by Crippen LogP contribution is 2.24. The van der Waals surface area contributed by atoms with Crippen LogP contribution < -0.4 is 16.0 Å². The molecule has 3 N–H and O–H groups in total. The Labute approximate surface area is 165 Å². The smallest absolute Gasteiger partial charge is 0.234 e. The summed E-state index contributed by atoms with van der Waals surface area (Å²) in [6.07, 6.45) is 0.369. The fourth-order valence-corrected chi connectivity index (χ4v) is 4.04. The van der Waals surface area contributed by atoms with E-state index in [-0.39, 0.29) is 29.1 Å². The maximum Gasteiger partial charge on any atom is 0.234 e. The van der Waals surface area contributed by atoms with Gasteiger partial charge in [0.25, 0.3) is 0 Å². The van der Waals surface area contributed by atoms with Gasteiger partial charge in [-0.2, -0.15) is 0 Å². The minimum atomic E-state index is -0.338. The van der Waals surface area contributed by atoms with Crippen LogP contribution in [0.5, 0.6) is 0 Å². The quantitative estimate of drug-likeness (QED) is 0.702.